The lowest BCUT2D eigenvalue weighted by Crippen LogP contribution is -2.53. The summed E-state index contributed by atoms with van der Waals surface area (Å²) in [4.78, 5) is 9.36. The third-order valence-electron chi connectivity index (χ3n) is 6.59. The summed E-state index contributed by atoms with van der Waals surface area (Å²) in [5.41, 5.74) is 9.22. The number of nitrogens with one attached hydrogen (secondary N) is 1. The van der Waals surface area contributed by atoms with Gasteiger partial charge in [0, 0.05) is 31.1 Å². The molecule has 11 heteroatoms. The quantitative estimate of drug-likeness (QED) is 0.453. The Kier molecular flexibility index (Phi) is 6.92. The van der Waals surface area contributed by atoms with E-state index in [1.807, 2.05) is 24.0 Å². The molecule has 0 spiro atoms. The van der Waals surface area contributed by atoms with Crippen LogP contribution in [0.4, 0.5) is 11.4 Å². The number of benzene rings is 2. The van der Waals surface area contributed by atoms with Crippen molar-refractivity contribution in [2.75, 3.05) is 17.8 Å². The molecule has 0 saturated carbocycles. The maximum atomic E-state index is 13.1. The number of rotatable bonds is 5. The first-order valence-electron chi connectivity index (χ1n) is 12.0. The Balaban J connectivity index is 1.54. The van der Waals surface area contributed by atoms with Gasteiger partial charge in [-0.3, -0.25) is 4.72 Å². The lowest BCUT2D eigenvalue weighted by atomic mass is 10.1. The Morgan fingerprint density at radius 2 is 2.00 bits per heavy atom. The number of sulfonamides is 1. The number of hydrogen-bond donors (Lipinski definition) is 3. The molecule has 3 heterocycles. The van der Waals surface area contributed by atoms with E-state index in [0.29, 0.717) is 40.9 Å². The zero-order valence-electron chi connectivity index (χ0n) is 20.3. The SMILES string of the molecule is Cc1ccc(S(=O)(=O)Nc2csc3c2N=C(N2CCC[C@@H](N)C2)N(Cc2ccccc2C#N)C3O)cc1. The minimum absolute atomic E-state index is 0.0368. The third-order valence-corrected chi connectivity index (χ3v) is 8.98. The molecule has 2 aliphatic heterocycles. The first-order valence-corrected chi connectivity index (χ1v) is 14.4. The molecular weight excluding hydrogens is 508 g/mol. The molecule has 0 amide bonds. The lowest BCUT2D eigenvalue weighted by molar-refractivity contribution is 0.0362. The summed E-state index contributed by atoms with van der Waals surface area (Å²) in [5.74, 6) is 0.511. The number of fused-ring (bicyclic) bond motifs is 1. The van der Waals surface area contributed by atoms with Crippen LogP contribution >= 0.6 is 11.3 Å². The summed E-state index contributed by atoms with van der Waals surface area (Å²) in [6, 6.07) is 16.0. The molecule has 2 atom stereocenters. The van der Waals surface area contributed by atoms with Gasteiger partial charge < -0.3 is 20.6 Å². The number of likely N-dealkylation sites (tertiary alicyclic amines) is 1. The fraction of sp³-hybridized carbons (Fsp3) is 0.308. The largest absolute Gasteiger partial charge is 0.368 e. The molecule has 9 nitrogen and oxygen atoms in total. The number of thiophene rings is 1. The molecule has 5 rings (SSSR count). The number of aliphatic imine (C=N–C) groups is 1. The monoisotopic (exact) mass is 536 g/mol. The smallest absolute Gasteiger partial charge is 0.261 e. The maximum absolute atomic E-state index is 13.1. The van der Waals surface area contributed by atoms with Crippen molar-refractivity contribution in [3.63, 3.8) is 0 Å². The number of nitriles is 1. The number of piperidine rings is 1. The van der Waals surface area contributed by atoms with Crippen LogP contribution in [-0.2, 0) is 16.6 Å². The van der Waals surface area contributed by atoms with Gasteiger partial charge in [-0.15, -0.1) is 11.3 Å². The molecule has 2 aliphatic rings. The van der Waals surface area contributed by atoms with E-state index < -0.39 is 16.3 Å². The summed E-state index contributed by atoms with van der Waals surface area (Å²) < 4.78 is 28.8. The average Bonchev–Trinajstić information content (AvgIpc) is 3.28. The van der Waals surface area contributed by atoms with Gasteiger partial charge in [0.15, 0.2) is 6.23 Å². The fourth-order valence-corrected chi connectivity index (χ4v) is 6.69. The van der Waals surface area contributed by atoms with Gasteiger partial charge in [-0.25, -0.2) is 13.4 Å². The van der Waals surface area contributed by atoms with Crippen molar-refractivity contribution >= 4 is 38.7 Å². The van der Waals surface area contributed by atoms with Crippen molar-refractivity contribution in [2.45, 2.75) is 43.5 Å². The molecule has 0 radical (unpaired) electrons. The van der Waals surface area contributed by atoms with E-state index in [-0.39, 0.29) is 17.5 Å². The number of anilines is 1. The standard InChI is InChI=1S/C26H28N6O3S2/c1-17-8-10-21(11-9-17)37(34,35)30-22-16-36-24-23(22)29-26(31-12-4-7-20(28)15-31)32(25(24)33)14-19-6-3-2-5-18(19)13-27/h2-3,5-6,8-11,16,20,25,30,33H,4,7,12,14-15,28H2,1H3/t20-,25?/m1/s1. The highest BCUT2D eigenvalue weighted by atomic mass is 32.2. The minimum Gasteiger partial charge on any atom is -0.368 e. The van der Waals surface area contributed by atoms with Gasteiger partial charge in [0.2, 0.25) is 5.96 Å². The van der Waals surface area contributed by atoms with E-state index in [1.54, 1.807) is 46.7 Å². The number of guanidine groups is 1. The number of nitrogens with two attached hydrogens (primary N) is 1. The topological polar surface area (TPSA) is 135 Å². The average molecular weight is 537 g/mol. The van der Waals surface area contributed by atoms with Gasteiger partial charge in [0.05, 0.1) is 27.1 Å². The van der Waals surface area contributed by atoms with Crippen molar-refractivity contribution < 1.29 is 13.5 Å². The van der Waals surface area contributed by atoms with Gasteiger partial charge in [-0.2, -0.15) is 5.26 Å². The molecule has 0 bridgehead atoms. The predicted octanol–water partition coefficient (Wildman–Crippen LogP) is 3.65. The van der Waals surface area contributed by atoms with Gasteiger partial charge in [-0.1, -0.05) is 35.9 Å². The van der Waals surface area contributed by atoms with Crippen LogP contribution in [0, 0.1) is 18.3 Å². The fourth-order valence-electron chi connectivity index (χ4n) is 4.63. The second kappa shape index (κ2) is 10.1. The first-order chi connectivity index (χ1) is 17.8. The summed E-state index contributed by atoms with van der Waals surface area (Å²) in [7, 11) is -3.85. The van der Waals surface area contributed by atoms with Crippen LogP contribution in [0.25, 0.3) is 0 Å². The molecule has 37 heavy (non-hydrogen) atoms. The Labute approximate surface area is 220 Å². The molecule has 1 saturated heterocycles. The molecule has 192 valence electrons. The second-order valence-electron chi connectivity index (χ2n) is 9.31. The number of hydrogen-bond acceptors (Lipinski definition) is 9. The molecule has 4 N–H and O–H groups in total. The Bertz CT molecular complexity index is 1480. The van der Waals surface area contributed by atoms with Crippen LogP contribution in [0.3, 0.4) is 0 Å². The lowest BCUT2D eigenvalue weighted by Gasteiger charge is -2.42. The molecule has 0 aliphatic carbocycles. The zero-order valence-corrected chi connectivity index (χ0v) is 22.0. The van der Waals surface area contributed by atoms with E-state index in [4.69, 9.17) is 10.7 Å². The van der Waals surface area contributed by atoms with E-state index >= 15 is 0 Å². The highest BCUT2D eigenvalue weighted by molar-refractivity contribution is 7.92. The number of nitrogens with zero attached hydrogens (tertiary/aromatic N) is 4. The van der Waals surface area contributed by atoms with Crippen LogP contribution in [0.5, 0.6) is 0 Å². The van der Waals surface area contributed by atoms with E-state index in [9.17, 15) is 18.8 Å². The van der Waals surface area contributed by atoms with Crippen molar-refractivity contribution in [3.8, 4) is 6.07 Å². The number of aryl methyl sites for hydroxylation is 1. The Morgan fingerprint density at radius 3 is 2.73 bits per heavy atom. The predicted molar refractivity (Wildman–Crippen MR) is 144 cm³/mol. The maximum Gasteiger partial charge on any atom is 0.261 e. The van der Waals surface area contributed by atoms with Crippen LogP contribution in [0.15, 0.2) is 63.8 Å². The van der Waals surface area contributed by atoms with Crippen LogP contribution < -0.4 is 10.5 Å². The molecule has 3 aromatic rings. The van der Waals surface area contributed by atoms with Gasteiger partial charge in [0.25, 0.3) is 10.0 Å². The van der Waals surface area contributed by atoms with E-state index in [2.05, 4.69) is 10.8 Å². The van der Waals surface area contributed by atoms with Gasteiger partial charge in [0.1, 0.15) is 5.69 Å². The summed E-state index contributed by atoms with van der Waals surface area (Å²) in [6.07, 6.45) is 0.701. The summed E-state index contributed by atoms with van der Waals surface area (Å²) in [5, 5.41) is 22.8. The number of aliphatic hydroxyl groups excluding tert-OH is 1. The highest BCUT2D eigenvalue weighted by Crippen LogP contribution is 2.45. The highest BCUT2D eigenvalue weighted by Gasteiger charge is 2.36. The van der Waals surface area contributed by atoms with E-state index in [0.717, 1.165) is 24.0 Å². The summed E-state index contributed by atoms with van der Waals surface area (Å²) >= 11 is 1.24. The van der Waals surface area contributed by atoms with Gasteiger partial charge in [-0.05, 0) is 43.5 Å². The van der Waals surface area contributed by atoms with E-state index in [1.165, 1.54) is 11.3 Å². The molecule has 1 fully saturated rings. The Morgan fingerprint density at radius 1 is 1.24 bits per heavy atom. The van der Waals surface area contributed by atoms with Crippen LogP contribution in [0.1, 0.15) is 40.6 Å². The first kappa shape index (κ1) is 25.2. The molecule has 1 unspecified atom stereocenters. The summed E-state index contributed by atoms with van der Waals surface area (Å²) in [6.45, 7) is 3.42. The Hall–Kier alpha value is -3.43. The van der Waals surface area contributed by atoms with Crippen molar-refractivity contribution in [2.24, 2.45) is 10.7 Å². The number of aliphatic hydroxyl groups is 1. The second-order valence-corrected chi connectivity index (χ2v) is 11.9. The van der Waals surface area contributed by atoms with Crippen molar-refractivity contribution in [1.82, 2.24) is 9.80 Å². The van der Waals surface area contributed by atoms with Crippen LogP contribution in [0.2, 0.25) is 0 Å². The zero-order chi connectivity index (χ0) is 26.2. The van der Waals surface area contributed by atoms with Crippen LogP contribution in [-0.4, -0.2) is 48.4 Å². The third kappa shape index (κ3) is 5.06. The normalized spacial score (nSPS) is 19.7. The molecule has 1 aromatic heterocycles. The molecule has 2 aromatic carbocycles. The molecular formula is C26H28N6O3S2. The van der Waals surface area contributed by atoms with Crippen molar-refractivity contribution in [1.29, 1.82) is 5.26 Å². The minimum atomic E-state index is -3.85. The van der Waals surface area contributed by atoms with Crippen molar-refractivity contribution in [3.05, 3.63) is 75.5 Å². The van der Waals surface area contributed by atoms with Gasteiger partial charge >= 0.3 is 0 Å².